The molecule has 0 aromatic rings. The Balaban J connectivity index is 2.79. The zero-order valence-electron chi connectivity index (χ0n) is 10.1. The van der Waals surface area contributed by atoms with Gasteiger partial charge in [0, 0.05) is 19.6 Å². The lowest BCUT2D eigenvalue weighted by molar-refractivity contribution is -0.0878. The van der Waals surface area contributed by atoms with Crippen LogP contribution in [0.1, 0.15) is 26.7 Å². The van der Waals surface area contributed by atoms with Gasteiger partial charge in [0.25, 0.3) is 0 Å². The fourth-order valence-corrected chi connectivity index (χ4v) is 3.21. The zero-order chi connectivity index (χ0) is 12.2. The molecule has 0 spiro atoms. The molecule has 1 atom stereocenters. The largest absolute Gasteiger partial charge is 0.371 e. The highest BCUT2D eigenvalue weighted by Crippen LogP contribution is 2.24. The van der Waals surface area contributed by atoms with Crippen LogP contribution in [0.5, 0.6) is 0 Å². The highest BCUT2D eigenvalue weighted by Gasteiger charge is 2.38. The van der Waals surface area contributed by atoms with Gasteiger partial charge < -0.3 is 10.5 Å². The van der Waals surface area contributed by atoms with Crippen molar-refractivity contribution in [3.8, 4) is 0 Å². The van der Waals surface area contributed by atoms with E-state index in [4.69, 9.17) is 10.5 Å². The first-order valence-electron chi connectivity index (χ1n) is 5.81. The maximum Gasteiger partial charge on any atom is 0.214 e. The van der Waals surface area contributed by atoms with Gasteiger partial charge in [-0.1, -0.05) is 13.3 Å². The number of rotatable bonds is 5. The predicted molar refractivity (Wildman–Crippen MR) is 63.7 cm³/mol. The Labute approximate surface area is 98.0 Å². The molecule has 0 radical (unpaired) electrons. The summed E-state index contributed by atoms with van der Waals surface area (Å²) in [5.74, 6) is 0.139. The molecular formula is C10H22N2O3S. The van der Waals surface area contributed by atoms with E-state index >= 15 is 0 Å². The molecule has 0 amide bonds. The topological polar surface area (TPSA) is 72.6 Å². The minimum atomic E-state index is -3.12. The predicted octanol–water partition coefficient (Wildman–Crippen LogP) is 0.166. The summed E-state index contributed by atoms with van der Waals surface area (Å²) < 4.78 is 30.8. The Bertz CT molecular complexity index is 314. The van der Waals surface area contributed by atoms with E-state index in [1.54, 1.807) is 6.92 Å². The van der Waals surface area contributed by atoms with Crippen molar-refractivity contribution in [1.29, 1.82) is 0 Å². The van der Waals surface area contributed by atoms with Crippen LogP contribution in [-0.4, -0.2) is 50.3 Å². The van der Waals surface area contributed by atoms with Gasteiger partial charge in [-0.25, -0.2) is 8.42 Å². The average molecular weight is 250 g/mol. The number of nitrogens with two attached hydrogens (primary N) is 1. The van der Waals surface area contributed by atoms with Crippen LogP contribution in [0.4, 0.5) is 0 Å². The van der Waals surface area contributed by atoms with E-state index in [1.165, 1.54) is 4.31 Å². The quantitative estimate of drug-likeness (QED) is 0.754. The molecule has 1 saturated heterocycles. The van der Waals surface area contributed by atoms with Crippen LogP contribution in [0.2, 0.25) is 0 Å². The number of sulfonamides is 1. The first-order chi connectivity index (χ1) is 7.49. The van der Waals surface area contributed by atoms with Gasteiger partial charge in [0.05, 0.1) is 18.0 Å². The maximum atomic E-state index is 11.8. The lowest BCUT2D eigenvalue weighted by Gasteiger charge is -2.41. The lowest BCUT2D eigenvalue weighted by Crippen LogP contribution is -2.57. The van der Waals surface area contributed by atoms with Gasteiger partial charge in [0.15, 0.2) is 0 Å². The maximum absolute atomic E-state index is 11.8. The first kappa shape index (κ1) is 13.9. The number of morpholine rings is 1. The van der Waals surface area contributed by atoms with Crippen molar-refractivity contribution < 1.29 is 13.2 Å². The molecule has 96 valence electrons. The van der Waals surface area contributed by atoms with Crippen molar-refractivity contribution in [3.63, 3.8) is 0 Å². The van der Waals surface area contributed by atoms with Crippen molar-refractivity contribution in [3.05, 3.63) is 0 Å². The van der Waals surface area contributed by atoms with E-state index < -0.39 is 15.6 Å². The zero-order valence-corrected chi connectivity index (χ0v) is 10.9. The molecule has 0 saturated carbocycles. The molecule has 1 heterocycles. The summed E-state index contributed by atoms with van der Waals surface area (Å²) >= 11 is 0. The Morgan fingerprint density at radius 2 is 2.12 bits per heavy atom. The van der Waals surface area contributed by atoms with Crippen molar-refractivity contribution in [2.45, 2.75) is 32.3 Å². The third-order valence-electron chi connectivity index (χ3n) is 3.05. The Kier molecular flexibility index (Phi) is 4.73. The summed E-state index contributed by atoms with van der Waals surface area (Å²) in [6.07, 6.45) is 1.75. The van der Waals surface area contributed by atoms with Crippen LogP contribution in [-0.2, 0) is 14.8 Å². The van der Waals surface area contributed by atoms with Gasteiger partial charge in [0.2, 0.25) is 10.0 Å². The molecule has 0 aromatic heterocycles. The van der Waals surface area contributed by atoms with Crippen LogP contribution in [0.25, 0.3) is 0 Å². The van der Waals surface area contributed by atoms with Crippen LogP contribution in [0.15, 0.2) is 0 Å². The fourth-order valence-electron chi connectivity index (χ4n) is 2.06. The fraction of sp³-hybridized carbons (Fsp3) is 1.00. The van der Waals surface area contributed by atoms with Crippen molar-refractivity contribution in [1.82, 2.24) is 4.31 Å². The van der Waals surface area contributed by atoms with Crippen molar-refractivity contribution >= 4 is 10.0 Å². The van der Waals surface area contributed by atoms with E-state index in [-0.39, 0.29) is 5.75 Å². The number of hydrogen-bond donors (Lipinski definition) is 1. The van der Waals surface area contributed by atoms with Crippen LogP contribution >= 0.6 is 0 Å². The summed E-state index contributed by atoms with van der Waals surface area (Å²) in [5, 5.41) is 0. The number of hydrogen-bond acceptors (Lipinski definition) is 4. The smallest absolute Gasteiger partial charge is 0.214 e. The Morgan fingerprint density at radius 1 is 1.44 bits per heavy atom. The van der Waals surface area contributed by atoms with Gasteiger partial charge in [-0.05, 0) is 13.3 Å². The molecule has 5 nitrogen and oxygen atoms in total. The molecule has 1 aliphatic heterocycles. The normalized spacial score (nSPS) is 28.2. The van der Waals surface area contributed by atoms with E-state index in [0.29, 0.717) is 26.2 Å². The average Bonchev–Trinajstić information content (AvgIpc) is 2.30. The van der Waals surface area contributed by atoms with E-state index in [2.05, 4.69) is 0 Å². The SMILES string of the molecule is CCCC1(CN)CN(S(=O)(=O)CC)CCO1. The second-order valence-corrected chi connectivity index (χ2v) is 6.48. The lowest BCUT2D eigenvalue weighted by atomic mass is 9.97. The summed E-state index contributed by atoms with van der Waals surface area (Å²) in [5.41, 5.74) is 5.25. The standard InChI is InChI=1S/C10H22N2O3S/c1-3-5-10(8-11)9-12(6-7-15-10)16(13,14)4-2/h3-9,11H2,1-2H3. The van der Waals surface area contributed by atoms with Crippen LogP contribution in [0, 0.1) is 0 Å². The van der Waals surface area contributed by atoms with Crippen LogP contribution < -0.4 is 5.73 Å². The molecule has 2 N–H and O–H groups in total. The molecule has 1 unspecified atom stereocenters. The van der Waals surface area contributed by atoms with Gasteiger partial charge in [-0.2, -0.15) is 4.31 Å². The van der Waals surface area contributed by atoms with E-state index in [9.17, 15) is 8.42 Å². The molecule has 1 rings (SSSR count). The van der Waals surface area contributed by atoms with Crippen LogP contribution in [0.3, 0.4) is 0 Å². The molecule has 1 fully saturated rings. The highest BCUT2D eigenvalue weighted by molar-refractivity contribution is 7.89. The van der Waals surface area contributed by atoms with Gasteiger partial charge in [0.1, 0.15) is 0 Å². The molecule has 0 bridgehead atoms. The van der Waals surface area contributed by atoms with Gasteiger partial charge in [-0.15, -0.1) is 0 Å². The monoisotopic (exact) mass is 250 g/mol. The second-order valence-electron chi connectivity index (χ2n) is 4.22. The van der Waals surface area contributed by atoms with Gasteiger partial charge >= 0.3 is 0 Å². The summed E-state index contributed by atoms with van der Waals surface area (Å²) in [7, 11) is -3.12. The molecule has 6 heteroatoms. The summed E-state index contributed by atoms with van der Waals surface area (Å²) in [6, 6.07) is 0. The highest BCUT2D eigenvalue weighted by atomic mass is 32.2. The Morgan fingerprint density at radius 3 is 2.62 bits per heavy atom. The summed E-state index contributed by atoms with van der Waals surface area (Å²) in [4.78, 5) is 0. The van der Waals surface area contributed by atoms with Crippen molar-refractivity contribution in [2.75, 3.05) is 32.0 Å². The summed E-state index contributed by atoms with van der Waals surface area (Å²) in [6.45, 7) is 5.37. The van der Waals surface area contributed by atoms with Gasteiger partial charge in [-0.3, -0.25) is 0 Å². The van der Waals surface area contributed by atoms with E-state index in [0.717, 1.165) is 12.8 Å². The molecule has 0 aromatic carbocycles. The number of nitrogens with zero attached hydrogens (tertiary/aromatic N) is 1. The van der Waals surface area contributed by atoms with E-state index in [1.807, 2.05) is 6.92 Å². The molecule has 1 aliphatic rings. The Hall–Kier alpha value is -0.170. The molecular weight excluding hydrogens is 228 g/mol. The van der Waals surface area contributed by atoms with Crippen molar-refractivity contribution in [2.24, 2.45) is 5.73 Å². The second kappa shape index (κ2) is 5.44. The molecule has 16 heavy (non-hydrogen) atoms. The minimum Gasteiger partial charge on any atom is -0.371 e. The minimum absolute atomic E-state index is 0.139. The third kappa shape index (κ3) is 2.94. The molecule has 0 aliphatic carbocycles. The first-order valence-corrected chi connectivity index (χ1v) is 7.42. The number of ether oxygens (including phenoxy) is 1. The third-order valence-corrected chi connectivity index (χ3v) is 4.88.